The van der Waals surface area contributed by atoms with Crippen molar-refractivity contribution in [3.63, 3.8) is 0 Å². The van der Waals surface area contributed by atoms with Crippen LogP contribution in [-0.2, 0) is 22.2 Å². The van der Waals surface area contributed by atoms with Crippen molar-refractivity contribution in [2.75, 3.05) is 6.61 Å². The predicted molar refractivity (Wildman–Crippen MR) is 125 cm³/mol. The van der Waals surface area contributed by atoms with Crippen molar-refractivity contribution in [1.82, 2.24) is 0 Å². The van der Waals surface area contributed by atoms with Gasteiger partial charge < -0.3 is 9.47 Å². The molecule has 30 heavy (non-hydrogen) atoms. The molecule has 0 bridgehead atoms. The number of ether oxygens (including phenoxy) is 2. The lowest BCUT2D eigenvalue weighted by molar-refractivity contribution is 0.0747. The molecule has 0 heterocycles. The quantitative estimate of drug-likeness (QED) is 0.385. The third kappa shape index (κ3) is 5.73. The molecule has 0 saturated heterocycles. The Bertz CT molecular complexity index is 923. The van der Waals surface area contributed by atoms with Gasteiger partial charge in [-0.05, 0) is 52.8 Å². The van der Waals surface area contributed by atoms with E-state index in [2.05, 4.69) is 71.0 Å². The van der Waals surface area contributed by atoms with Crippen LogP contribution in [0.5, 0.6) is 11.5 Å². The maximum Gasteiger partial charge on any atom is 0.127 e. The Morgan fingerprint density at radius 3 is 1.97 bits per heavy atom. The van der Waals surface area contributed by atoms with E-state index in [9.17, 15) is 0 Å². The molecule has 3 aromatic carbocycles. The number of rotatable bonds is 8. The standard InChI is InChI=1S/C28H34O2/c1-6-28(5,24-17-15-23(16-18-24)27(2,3)4)21-29-20-22-11-10-14-26(19-22)30-25-12-8-7-9-13-25/h7-19H,6,20-21H2,1-5H3. The van der Waals surface area contributed by atoms with Gasteiger partial charge in [-0.2, -0.15) is 0 Å². The molecule has 0 N–H and O–H groups in total. The second-order valence-electron chi connectivity index (χ2n) is 9.30. The van der Waals surface area contributed by atoms with E-state index in [1.54, 1.807) is 0 Å². The van der Waals surface area contributed by atoms with Gasteiger partial charge in [0.25, 0.3) is 0 Å². The van der Waals surface area contributed by atoms with E-state index in [0.717, 1.165) is 23.5 Å². The van der Waals surface area contributed by atoms with Gasteiger partial charge in [0.15, 0.2) is 0 Å². The zero-order chi connectivity index (χ0) is 21.6. The van der Waals surface area contributed by atoms with Crippen molar-refractivity contribution < 1.29 is 9.47 Å². The highest BCUT2D eigenvalue weighted by Gasteiger charge is 2.25. The van der Waals surface area contributed by atoms with Crippen molar-refractivity contribution in [2.24, 2.45) is 0 Å². The summed E-state index contributed by atoms with van der Waals surface area (Å²) in [6.45, 7) is 12.5. The Hall–Kier alpha value is -2.58. The first-order valence-corrected chi connectivity index (χ1v) is 10.8. The van der Waals surface area contributed by atoms with Gasteiger partial charge in [0.1, 0.15) is 11.5 Å². The first kappa shape index (κ1) is 22.1. The van der Waals surface area contributed by atoms with Crippen molar-refractivity contribution in [1.29, 1.82) is 0 Å². The van der Waals surface area contributed by atoms with E-state index in [1.165, 1.54) is 11.1 Å². The molecule has 0 spiro atoms. The molecular formula is C28H34O2. The van der Waals surface area contributed by atoms with Gasteiger partial charge in [0, 0.05) is 5.41 Å². The van der Waals surface area contributed by atoms with Crippen LogP contribution in [0.2, 0.25) is 0 Å². The molecule has 0 aliphatic heterocycles. The maximum absolute atomic E-state index is 6.18. The van der Waals surface area contributed by atoms with E-state index < -0.39 is 0 Å². The molecule has 3 rings (SSSR count). The summed E-state index contributed by atoms with van der Waals surface area (Å²) in [5.74, 6) is 1.67. The van der Waals surface area contributed by atoms with Crippen molar-refractivity contribution in [3.8, 4) is 11.5 Å². The molecule has 1 atom stereocenters. The average molecular weight is 403 g/mol. The molecule has 0 fully saturated rings. The Morgan fingerprint density at radius 2 is 1.33 bits per heavy atom. The highest BCUT2D eigenvalue weighted by atomic mass is 16.5. The van der Waals surface area contributed by atoms with Crippen LogP contribution in [0.1, 0.15) is 57.7 Å². The van der Waals surface area contributed by atoms with Gasteiger partial charge in [-0.3, -0.25) is 0 Å². The Labute approximate surface area is 181 Å². The summed E-state index contributed by atoms with van der Waals surface area (Å²) in [4.78, 5) is 0. The van der Waals surface area contributed by atoms with E-state index in [-0.39, 0.29) is 10.8 Å². The van der Waals surface area contributed by atoms with E-state index in [4.69, 9.17) is 9.47 Å². The molecule has 0 radical (unpaired) electrons. The van der Waals surface area contributed by atoms with Crippen LogP contribution in [0.3, 0.4) is 0 Å². The summed E-state index contributed by atoms with van der Waals surface area (Å²) >= 11 is 0. The fraction of sp³-hybridized carbons (Fsp3) is 0.357. The first-order chi connectivity index (χ1) is 14.3. The number of hydrogen-bond acceptors (Lipinski definition) is 2. The lowest BCUT2D eigenvalue weighted by atomic mass is 9.79. The van der Waals surface area contributed by atoms with Crippen molar-refractivity contribution in [3.05, 3.63) is 95.6 Å². The lowest BCUT2D eigenvalue weighted by Crippen LogP contribution is -2.27. The van der Waals surface area contributed by atoms with Crippen molar-refractivity contribution in [2.45, 2.75) is 58.5 Å². The van der Waals surface area contributed by atoms with E-state index in [1.807, 2.05) is 42.5 Å². The van der Waals surface area contributed by atoms with Gasteiger partial charge in [-0.15, -0.1) is 0 Å². The largest absolute Gasteiger partial charge is 0.457 e. The third-order valence-electron chi connectivity index (χ3n) is 5.79. The molecule has 2 nitrogen and oxygen atoms in total. The molecule has 158 valence electrons. The minimum atomic E-state index is -0.00539. The molecule has 3 aromatic rings. The molecule has 1 unspecified atom stereocenters. The molecule has 0 saturated carbocycles. The Morgan fingerprint density at radius 1 is 0.700 bits per heavy atom. The molecular weight excluding hydrogens is 368 g/mol. The highest BCUT2D eigenvalue weighted by Crippen LogP contribution is 2.31. The smallest absolute Gasteiger partial charge is 0.127 e. The fourth-order valence-electron chi connectivity index (χ4n) is 3.48. The lowest BCUT2D eigenvalue weighted by Gasteiger charge is -2.30. The van der Waals surface area contributed by atoms with Crippen LogP contribution in [0, 0.1) is 0 Å². The van der Waals surface area contributed by atoms with E-state index >= 15 is 0 Å². The summed E-state index contributed by atoms with van der Waals surface area (Å²) in [6, 6.07) is 27.0. The zero-order valence-corrected chi connectivity index (χ0v) is 18.9. The van der Waals surface area contributed by atoms with Gasteiger partial charge in [-0.1, -0.05) is 89.2 Å². The highest BCUT2D eigenvalue weighted by molar-refractivity contribution is 5.34. The predicted octanol–water partition coefficient (Wildman–Crippen LogP) is 7.66. The summed E-state index contributed by atoms with van der Waals surface area (Å²) < 4.78 is 12.1. The van der Waals surface area contributed by atoms with Crippen LogP contribution >= 0.6 is 0 Å². The van der Waals surface area contributed by atoms with Crippen LogP contribution in [-0.4, -0.2) is 6.61 Å². The monoisotopic (exact) mass is 402 g/mol. The zero-order valence-electron chi connectivity index (χ0n) is 18.9. The fourth-order valence-corrected chi connectivity index (χ4v) is 3.48. The topological polar surface area (TPSA) is 18.5 Å². The van der Waals surface area contributed by atoms with Crippen LogP contribution in [0.4, 0.5) is 0 Å². The summed E-state index contributed by atoms with van der Waals surface area (Å²) in [6.07, 6.45) is 1.03. The molecule has 0 aliphatic carbocycles. The van der Waals surface area contributed by atoms with Crippen LogP contribution < -0.4 is 4.74 Å². The van der Waals surface area contributed by atoms with E-state index in [0.29, 0.717) is 13.2 Å². The minimum absolute atomic E-state index is 0.00539. The molecule has 0 aliphatic rings. The Kier molecular flexibility index (Phi) is 6.99. The number of benzene rings is 3. The average Bonchev–Trinajstić information content (AvgIpc) is 2.74. The summed E-state index contributed by atoms with van der Waals surface area (Å²) in [5, 5.41) is 0. The number of hydrogen-bond donors (Lipinski definition) is 0. The second-order valence-corrected chi connectivity index (χ2v) is 9.30. The van der Waals surface area contributed by atoms with Crippen LogP contribution in [0.25, 0.3) is 0 Å². The maximum atomic E-state index is 6.18. The summed E-state index contributed by atoms with van der Waals surface area (Å²) in [7, 11) is 0. The third-order valence-corrected chi connectivity index (χ3v) is 5.79. The van der Waals surface area contributed by atoms with Gasteiger partial charge >= 0.3 is 0 Å². The number of para-hydroxylation sites is 1. The first-order valence-electron chi connectivity index (χ1n) is 10.8. The second kappa shape index (κ2) is 9.49. The normalized spacial score (nSPS) is 13.6. The van der Waals surface area contributed by atoms with Crippen LogP contribution in [0.15, 0.2) is 78.9 Å². The summed E-state index contributed by atoms with van der Waals surface area (Å²) in [5.41, 5.74) is 3.98. The molecule has 0 amide bonds. The minimum Gasteiger partial charge on any atom is -0.457 e. The van der Waals surface area contributed by atoms with Gasteiger partial charge in [-0.25, -0.2) is 0 Å². The van der Waals surface area contributed by atoms with Gasteiger partial charge in [0.2, 0.25) is 0 Å². The molecule has 0 aromatic heterocycles. The Balaban J connectivity index is 1.62. The SMILES string of the molecule is CCC(C)(COCc1cccc(Oc2ccccc2)c1)c1ccc(C(C)(C)C)cc1. The van der Waals surface area contributed by atoms with Gasteiger partial charge in [0.05, 0.1) is 13.2 Å². The molecule has 2 heteroatoms. The van der Waals surface area contributed by atoms with Crippen molar-refractivity contribution >= 4 is 0 Å².